The second kappa shape index (κ2) is 13.8. The van der Waals surface area contributed by atoms with Gasteiger partial charge in [0.25, 0.3) is 5.91 Å². The van der Waals surface area contributed by atoms with Gasteiger partial charge in [0.05, 0.1) is 35.9 Å². The first-order chi connectivity index (χ1) is 23.9. The lowest BCUT2D eigenvalue weighted by Gasteiger charge is -2.28. The largest absolute Gasteiger partial charge is 0.465 e. The third kappa shape index (κ3) is 6.56. The fourth-order valence-corrected chi connectivity index (χ4v) is 7.08. The van der Waals surface area contributed by atoms with Crippen molar-refractivity contribution in [1.82, 2.24) is 35.1 Å². The molecular weight excluding hydrogens is 618 g/mol. The Labute approximate surface area is 284 Å². The summed E-state index contributed by atoms with van der Waals surface area (Å²) in [5, 5.41) is 11.9. The first-order valence-electron chi connectivity index (χ1n) is 16.8. The van der Waals surface area contributed by atoms with Crippen molar-refractivity contribution in [2.45, 2.75) is 57.2 Å². The number of carboxylic acid groups (broad SMARTS) is 1. The molecule has 2 aliphatic rings. The van der Waals surface area contributed by atoms with Crippen LogP contribution in [0.3, 0.4) is 0 Å². The summed E-state index contributed by atoms with van der Waals surface area (Å²) >= 11 is 0. The van der Waals surface area contributed by atoms with Crippen LogP contribution in [0.2, 0.25) is 0 Å². The highest BCUT2D eigenvalue weighted by molar-refractivity contribution is 5.87. The molecule has 2 aliphatic heterocycles. The Morgan fingerprint density at radius 1 is 0.755 bits per heavy atom. The van der Waals surface area contributed by atoms with E-state index in [9.17, 15) is 19.5 Å². The van der Waals surface area contributed by atoms with Gasteiger partial charge in [-0.3, -0.25) is 9.59 Å². The first-order valence-corrected chi connectivity index (χ1v) is 16.8. The molecular formula is C38H39N7O4. The molecule has 4 N–H and O–H groups in total. The van der Waals surface area contributed by atoms with Crippen LogP contribution in [0.5, 0.6) is 0 Å². The minimum atomic E-state index is -1.25. The maximum absolute atomic E-state index is 13.7. The molecule has 0 radical (unpaired) electrons. The number of nitrogens with one attached hydrogen (secondary N) is 3. The van der Waals surface area contributed by atoms with Crippen molar-refractivity contribution >= 4 is 17.9 Å². The van der Waals surface area contributed by atoms with Crippen molar-refractivity contribution in [1.29, 1.82) is 0 Å². The van der Waals surface area contributed by atoms with Crippen LogP contribution < -0.4 is 5.32 Å². The third-order valence-electron chi connectivity index (χ3n) is 9.61. The quantitative estimate of drug-likeness (QED) is 0.136. The molecule has 3 aromatic carbocycles. The van der Waals surface area contributed by atoms with Crippen molar-refractivity contribution in [2.75, 3.05) is 13.1 Å². The zero-order valence-corrected chi connectivity index (χ0v) is 27.3. The van der Waals surface area contributed by atoms with E-state index in [1.54, 1.807) is 35.4 Å². The normalized spacial score (nSPS) is 18.1. The lowest BCUT2D eigenvalue weighted by Crippen LogP contribution is -2.42. The number of nitrogens with zero attached hydrogens (tertiary/aromatic N) is 4. The molecule has 7 rings (SSSR count). The van der Waals surface area contributed by atoms with Gasteiger partial charge in [-0.1, -0.05) is 85.8 Å². The third-order valence-corrected chi connectivity index (χ3v) is 9.61. The molecule has 0 saturated carbocycles. The van der Waals surface area contributed by atoms with E-state index in [1.165, 1.54) is 0 Å². The Kier molecular flexibility index (Phi) is 8.97. The Morgan fingerprint density at radius 2 is 1.24 bits per heavy atom. The van der Waals surface area contributed by atoms with Gasteiger partial charge in [0.2, 0.25) is 5.91 Å². The van der Waals surface area contributed by atoms with Crippen LogP contribution in [0.4, 0.5) is 4.79 Å². The number of imidazole rings is 2. The van der Waals surface area contributed by atoms with Gasteiger partial charge >= 0.3 is 6.09 Å². The van der Waals surface area contributed by atoms with Crippen LogP contribution in [0, 0.1) is 0 Å². The maximum atomic E-state index is 13.7. The Bertz CT molecular complexity index is 1930. The van der Waals surface area contributed by atoms with Crippen molar-refractivity contribution < 1.29 is 19.5 Å². The second-order valence-electron chi connectivity index (χ2n) is 12.6. The SMILES string of the molecule is CCC(=O)N1CCC[C@H]1c1ncc(-c2ccc(-c3ccc(-c4cnc([C@@H]5CCCN5C(=O)[C@H](NC(=O)O)c5ccccc5)[nH]4)cc3)cc2)[nH]1. The van der Waals surface area contributed by atoms with Crippen LogP contribution in [0.25, 0.3) is 33.6 Å². The smallest absolute Gasteiger partial charge is 0.405 e. The first kappa shape index (κ1) is 31.9. The summed E-state index contributed by atoms with van der Waals surface area (Å²) in [6.45, 7) is 3.21. The number of aromatic nitrogens is 4. The number of amides is 3. The maximum Gasteiger partial charge on any atom is 0.405 e. The summed E-state index contributed by atoms with van der Waals surface area (Å²) in [6.07, 6.45) is 6.34. The average Bonchev–Trinajstić information content (AvgIpc) is 3.97. The molecule has 11 heteroatoms. The molecule has 2 saturated heterocycles. The number of H-pyrrole nitrogens is 2. The molecule has 0 aliphatic carbocycles. The number of carbonyl (C=O) groups excluding carboxylic acids is 2. The average molecular weight is 658 g/mol. The standard InChI is InChI=1S/C38H39N7O4/c1-2-33(46)44-20-6-10-31(44)35-39-22-29(41-35)26-16-12-24(13-17-26)25-14-18-27(19-15-25)30-23-40-36(42-30)32-11-7-21-45(32)37(47)34(43-38(48)49)28-8-4-3-5-9-28/h3-5,8-9,12-19,22-23,31-32,34,43H,2,6-7,10-11,20-21H2,1H3,(H,39,41)(H,40,42)(H,48,49)/t31-,32-,34+/m0/s1. The van der Waals surface area contributed by atoms with Crippen LogP contribution in [0.15, 0.2) is 91.3 Å². The molecule has 4 heterocycles. The van der Waals surface area contributed by atoms with Gasteiger partial charge < -0.3 is 30.2 Å². The molecule has 11 nitrogen and oxygen atoms in total. The number of hydrogen-bond acceptors (Lipinski definition) is 5. The predicted molar refractivity (Wildman–Crippen MR) is 185 cm³/mol. The van der Waals surface area contributed by atoms with E-state index < -0.39 is 12.1 Å². The van der Waals surface area contributed by atoms with E-state index in [4.69, 9.17) is 0 Å². The van der Waals surface area contributed by atoms with E-state index >= 15 is 0 Å². The second-order valence-corrected chi connectivity index (χ2v) is 12.6. The van der Waals surface area contributed by atoms with E-state index in [0.29, 0.717) is 24.4 Å². The summed E-state index contributed by atoms with van der Waals surface area (Å²) in [6, 6.07) is 24.3. The van der Waals surface area contributed by atoms with Gasteiger partial charge in [0.15, 0.2) is 0 Å². The van der Waals surface area contributed by atoms with Crippen molar-refractivity contribution in [3.05, 3.63) is 108 Å². The zero-order valence-electron chi connectivity index (χ0n) is 27.3. The van der Waals surface area contributed by atoms with E-state index in [-0.39, 0.29) is 23.9 Å². The van der Waals surface area contributed by atoms with Gasteiger partial charge in [-0.25, -0.2) is 14.8 Å². The van der Waals surface area contributed by atoms with Crippen LogP contribution >= 0.6 is 0 Å². The molecule has 0 bridgehead atoms. The summed E-state index contributed by atoms with van der Waals surface area (Å²) in [5.74, 6) is 1.40. The summed E-state index contributed by atoms with van der Waals surface area (Å²) in [4.78, 5) is 57.4. The number of aromatic amines is 2. The number of benzene rings is 3. The van der Waals surface area contributed by atoms with Gasteiger partial charge in [0.1, 0.15) is 17.7 Å². The Balaban J connectivity index is 1.03. The lowest BCUT2D eigenvalue weighted by molar-refractivity contribution is -0.134. The fraction of sp³-hybridized carbons (Fsp3) is 0.289. The van der Waals surface area contributed by atoms with Crippen molar-refractivity contribution in [3.8, 4) is 33.6 Å². The summed E-state index contributed by atoms with van der Waals surface area (Å²) in [7, 11) is 0. The molecule has 2 aromatic heterocycles. The van der Waals surface area contributed by atoms with Crippen LogP contribution in [0.1, 0.15) is 74.4 Å². The monoisotopic (exact) mass is 657 g/mol. The van der Waals surface area contributed by atoms with E-state index in [2.05, 4.69) is 61.7 Å². The Hall–Kier alpha value is -5.71. The summed E-state index contributed by atoms with van der Waals surface area (Å²) in [5.41, 5.74) is 6.53. The topological polar surface area (TPSA) is 147 Å². The highest BCUT2D eigenvalue weighted by atomic mass is 16.4. The molecule has 2 fully saturated rings. The minimum absolute atomic E-state index is 0.0117. The molecule has 0 unspecified atom stereocenters. The van der Waals surface area contributed by atoms with Crippen LogP contribution in [-0.4, -0.2) is 65.8 Å². The minimum Gasteiger partial charge on any atom is -0.465 e. The van der Waals surface area contributed by atoms with Gasteiger partial charge in [-0.05, 0) is 53.5 Å². The van der Waals surface area contributed by atoms with Crippen molar-refractivity contribution in [2.24, 2.45) is 0 Å². The van der Waals surface area contributed by atoms with Crippen molar-refractivity contribution in [3.63, 3.8) is 0 Å². The van der Waals surface area contributed by atoms with Gasteiger partial charge in [0, 0.05) is 19.5 Å². The lowest BCUT2D eigenvalue weighted by atomic mass is 10.0. The highest BCUT2D eigenvalue weighted by Gasteiger charge is 2.37. The summed E-state index contributed by atoms with van der Waals surface area (Å²) < 4.78 is 0. The molecule has 49 heavy (non-hydrogen) atoms. The molecule has 3 amide bonds. The molecule has 0 spiro atoms. The number of rotatable bonds is 9. The molecule has 250 valence electrons. The highest BCUT2D eigenvalue weighted by Crippen LogP contribution is 2.35. The van der Waals surface area contributed by atoms with E-state index in [0.717, 1.165) is 71.7 Å². The zero-order chi connectivity index (χ0) is 33.9. The number of hydrogen-bond donors (Lipinski definition) is 4. The van der Waals surface area contributed by atoms with Gasteiger partial charge in [-0.2, -0.15) is 0 Å². The predicted octanol–water partition coefficient (Wildman–Crippen LogP) is 6.88. The Morgan fingerprint density at radius 3 is 1.76 bits per heavy atom. The van der Waals surface area contributed by atoms with E-state index in [1.807, 2.05) is 36.2 Å². The fourth-order valence-electron chi connectivity index (χ4n) is 7.08. The van der Waals surface area contributed by atoms with Crippen LogP contribution in [-0.2, 0) is 9.59 Å². The number of likely N-dealkylation sites (tertiary alicyclic amines) is 2. The van der Waals surface area contributed by atoms with Gasteiger partial charge in [-0.15, -0.1) is 0 Å². The number of carbonyl (C=O) groups is 3. The molecule has 5 aromatic rings. The molecule has 3 atom stereocenters.